The molecule has 5 heteroatoms. The molecule has 0 N–H and O–H groups in total. The lowest BCUT2D eigenvalue weighted by molar-refractivity contribution is 0.139. The first-order valence-electron chi connectivity index (χ1n) is 6.05. The van der Waals surface area contributed by atoms with Crippen molar-refractivity contribution in [1.82, 2.24) is 9.55 Å². The molecule has 0 spiro atoms. The Hall–Kier alpha value is -0.770. The molecule has 0 saturated carbocycles. The molecule has 1 aromatic heterocycles. The molecule has 0 atom stereocenters. The molecule has 0 unspecified atom stereocenters. The van der Waals surface area contributed by atoms with Crippen LogP contribution in [0.1, 0.15) is 12.7 Å². The van der Waals surface area contributed by atoms with Gasteiger partial charge in [-0.3, -0.25) is 0 Å². The summed E-state index contributed by atoms with van der Waals surface area (Å²) in [6.45, 7) is 4.15. The predicted octanol–water partition coefficient (Wildman–Crippen LogP) is 3.51. The Labute approximate surface area is 117 Å². The minimum absolute atomic E-state index is 0.551. The van der Waals surface area contributed by atoms with Gasteiger partial charge in [-0.05, 0) is 19.1 Å². The fourth-order valence-corrected chi connectivity index (χ4v) is 2.37. The fourth-order valence-electron chi connectivity index (χ4n) is 1.99. The standard InChI is InChI=1S/C13H16Cl2N2O/c1-2-18-9-8-17-11-5-3-4-10(15)13(11)16-12(17)6-7-14/h3-5H,2,6-9H2,1H3. The first-order valence-corrected chi connectivity index (χ1v) is 6.96. The summed E-state index contributed by atoms with van der Waals surface area (Å²) in [6.07, 6.45) is 0.735. The van der Waals surface area contributed by atoms with Crippen molar-refractivity contribution < 1.29 is 4.74 Å². The number of alkyl halides is 1. The molecule has 1 aromatic carbocycles. The number of halogens is 2. The molecular formula is C13H16Cl2N2O. The monoisotopic (exact) mass is 286 g/mol. The van der Waals surface area contributed by atoms with Crippen LogP contribution in [0.5, 0.6) is 0 Å². The number of hydrogen-bond donors (Lipinski definition) is 0. The predicted molar refractivity (Wildman–Crippen MR) is 75.7 cm³/mol. The van der Waals surface area contributed by atoms with Gasteiger partial charge in [-0.25, -0.2) is 4.98 Å². The number of fused-ring (bicyclic) bond motifs is 1. The van der Waals surface area contributed by atoms with Crippen molar-refractivity contribution in [3.05, 3.63) is 29.0 Å². The van der Waals surface area contributed by atoms with Crippen molar-refractivity contribution >= 4 is 34.2 Å². The van der Waals surface area contributed by atoms with Crippen LogP contribution >= 0.6 is 23.2 Å². The Bertz CT molecular complexity index is 525. The maximum atomic E-state index is 6.16. The molecule has 3 nitrogen and oxygen atoms in total. The second kappa shape index (κ2) is 6.41. The Morgan fingerprint density at radius 3 is 2.94 bits per heavy atom. The molecule has 0 bridgehead atoms. The summed E-state index contributed by atoms with van der Waals surface area (Å²) in [4.78, 5) is 4.57. The summed E-state index contributed by atoms with van der Waals surface area (Å²) in [7, 11) is 0. The minimum Gasteiger partial charge on any atom is -0.380 e. The van der Waals surface area contributed by atoms with Gasteiger partial charge in [-0.2, -0.15) is 0 Å². The molecule has 0 aliphatic carbocycles. The summed E-state index contributed by atoms with van der Waals surface area (Å²) in [6, 6.07) is 5.82. The van der Waals surface area contributed by atoms with E-state index in [2.05, 4.69) is 9.55 Å². The molecule has 0 fully saturated rings. The van der Waals surface area contributed by atoms with E-state index < -0.39 is 0 Å². The zero-order chi connectivity index (χ0) is 13.0. The molecule has 0 aliphatic heterocycles. The second-order valence-electron chi connectivity index (χ2n) is 3.92. The van der Waals surface area contributed by atoms with Crippen molar-refractivity contribution in [2.75, 3.05) is 19.1 Å². The van der Waals surface area contributed by atoms with Gasteiger partial charge in [-0.1, -0.05) is 17.7 Å². The van der Waals surface area contributed by atoms with Crippen LogP contribution in [0.25, 0.3) is 11.0 Å². The summed E-state index contributed by atoms with van der Waals surface area (Å²) in [5.74, 6) is 1.52. The number of aryl methyl sites for hydroxylation is 1. The highest BCUT2D eigenvalue weighted by Crippen LogP contribution is 2.24. The van der Waals surface area contributed by atoms with Crippen LogP contribution in [0.4, 0.5) is 0 Å². The Kier molecular flexibility index (Phi) is 4.87. The minimum atomic E-state index is 0.551. The lowest BCUT2D eigenvalue weighted by Gasteiger charge is -2.08. The van der Waals surface area contributed by atoms with Crippen LogP contribution < -0.4 is 0 Å². The lowest BCUT2D eigenvalue weighted by Crippen LogP contribution is -2.09. The topological polar surface area (TPSA) is 27.1 Å². The van der Waals surface area contributed by atoms with Gasteiger partial charge in [0, 0.05) is 25.5 Å². The summed E-state index contributed by atoms with van der Waals surface area (Å²) < 4.78 is 7.54. The molecular weight excluding hydrogens is 271 g/mol. The van der Waals surface area contributed by atoms with E-state index in [9.17, 15) is 0 Å². The van der Waals surface area contributed by atoms with Crippen molar-refractivity contribution in [2.24, 2.45) is 0 Å². The fraction of sp³-hybridized carbons (Fsp3) is 0.462. The first-order chi connectivity index (χ1) is 8.77. The molecule has 0 aliphatic rings. The largest absolute Gasteiger partial charge is 0.380 e. The third-order valence-corrected chi connectivity index (χ3v) is 3.28. The van der Waals surface area contributed by atoms with E-state index in [-0.39, 0.29) is 0 Å². The maximum Gasteiger partial charge on any atom is 0.111 e. The van der Waals surface area contributed by atoms with Crippen LogP contribution in [0.15, 0.2) is 18.2 Å². The van der Waals surface area contributed by atoms with E-state index in [4.69, 9.17) is 27.9 Å². The smallest absolute Gasteiger partial charge is 0.111 e. The molecule has 2 aromatic rings. The number of rotatable bonds is 6. The van der Waals surface area contributed by atoms with Crippen LogP contribution in [-0.2, 0) is 17.7 Å². The molecule has 1 heterocycles. The lowest BCUT2D eigenvalue weighted by atomic mass is 10.3. The van der Waals surface area contributed by atoms with E-state index in [1.165, 1.54) is 0 Å². The second-order valence-corrected chi connectivity index (χ2v) is 4.71. The number of para-hydroxylation sites is 1. The highest BCUT2D eigenvalue weighted by Gasteiger charge is 2.12. The van der Waals surface area contributed by atoms with Crippen molar-refractivity contribution in [2.45, 2.75) is 19.9 Å². The Morgan fingerprint density at radius 2 is 2.22 bits per heavy atom. The third kappa shape index (κ3) is 2.79. The van der Waals surface area contributed by atoms with Gasteiger partial charge < -0.3 is 9.30 Å². The SMILES string of the molecule is CCOCCn1c(CCCl)nc2c(Cl)cccc21. The van der Waals surface area contributed by atoms with Gasteiger partial charge in [0.1, 0.15) is 11.3 Å². The van der Waals surface area contributed by atoms with Crippen LogP contribution in [0.2, 0.25) is 5.02 Å². The number of nitrogens with zero attached hydrogens (tertiary/aromatic N) is 2. The summed E-state index contributed by atoms with van der Waals surface area (Å²) in [5.41, 5.74) is 1.89. The van der Waals surface area contributed by atoms with E-state index >= 15 is 0 Å². The number of imidazole rings is 1. The van der Waals surface area contributed by atoms with Crippen LogP contribution in [0, 0.1) is 0 Å². The van der Waals surface area contributed by atoms with Crippen LogP contribution in [-0.4, -0.2) is 28.6 Å². The van der Waals surface area contributed by atoms with Gasteiger partial charge >= 0.3 is 0 Å². The molecule has 2 rings (SSSR count). The van der Waals surface area contributed by atoms with Crippen molar-refractivity contribution in [1.29, 1.82) is 0 Å². The number of hydrogen-bond acceptors (Lipinski definition) is 2. The molecule has 0 amide bonds. The maximum absolute atomic E-state index is 6.16. The normalized spacial score (nSPS) is 11.3. The van der Waals surface area contributed by atoms with Crippen LogP contribution in [0.3, 0.4) is 0 Å². The molecule has 0 saturated heterocycles. The summed E-state index contributed by atoms with van der Waals surface area (Å²) in [5, 5.41) is 0.679. The third-order valence-electron chi connectivity index (χ3n) is 2.79. The molecule has 18 heavy (non-hydrogen) atoms. The van der Waals surface area contributed by atoms with Crippen molar-refractivity contribution in [3.8, 4) is 0 Å². The van der Waals surface area contributed by atoms with Gasteiger partial charge in [0.15, 0.2) is 0 Å². The van der Waals surface area contributed by atoms with Gasteiger partial charge in [0.25, 0.3) is 0 Å². The Balaban J connectivity index is 2.39. The van der Waals surface area contributed by atoms with Crippen molar-refractivity contribution in [3.63, 3.8) is 0 Å². The van der Waals surface area contributed by atoms with E-state index in [1.54, 1.807) is 0 Å². The first kappa shape index (κ1) is 13.7. The van der Waals surface area contributed by atoms with E-state index in [0.29, 0.717) is 17.5 Å². The van der Waals surface area contributed by atoms with Gasteiger partial charge in [0.05, 0.1) is 17.1 Å². The molecule has 98 valence electrons. The van der Waals surface area contributed by atoms with E-state index in [1.807, 2.05) is 25.1 Å². The number of benzene rings is 1. The zero-order valence-corrected chi connectivity index (χ0v) is 11.8. The quantitative estimate of drug-likeness (QED) is 0.600. The number of aromatic nitrogens is 2. The number of ether oxygens (including phenoxy) is 1. The summed E-state index contributed by atoms with van der Waals surface area (Å²) >= 11 is 12.0. The highest BCUT2D eigenvalue weighted by molar-refractivity contribution is 6.34. The molecule has 0 radical (unpaired) electrons. The Morgan fingerprint density at radius 1 is 1.39 bits per heavy atom. The van der Waals surface area contributed by atoms with E-state index in [0.717, 1.165) is 36.4 Å². The highest BCUT2D eigenvalue weighted by atomic mass is 35.5. The van der Waals surface area contributed by atoms with Gasteiger partial charge in [-0.15, -0.1) is 11.6 Å². The zero-order valence-electron chi connectivity index (χ0n) is 10.3. The average molecular weight is 287 g/mol. The average Bonchev–Trinajstić information content (AvgIpc) is 2.70. The van der Waals surface area contributed by atoms with Gasteiger partial charge in [0.2, 0.25) is 0 Å².